The van der Waals surface area contributed by atoms with Gasteiger partial charge in [-0.25, -0.2) is 14.1 Å². The van der Waals surface area contributed by atoms with Gasteiger partial charge in [0.15, 0.2) is 5.58 Å². The van der Waals surface area contributed by atoms with Gasteiger partial charge in [-0.3, -0.25) is 0 Å². The molecule has 2 amide bonds. The number of alkyl halides is 3. The van der Waals surface area contributed by atoms with Crippen LogP contribution >= 0.6 is 0 Å². The van der Waals surface area contributed by atoms with E-state index in [2.05, 4.69) is 10.3 Å². The number of urea groups is 1. The van der Waals surface area contributed by atoms with Crippen molar-refractivity contribution in [3.63, 3.8) is 0 Å². The van der Waals surface area contributed by atoms with E-state index in [1.165, 1.54) is 0 Å². The van der Waals surface area contributed by atoms with Crippen LogP contribution < -0.4 is 16.0 Å². The van der Waals surface area contributed by atoms with E-state index in [4.69, 9.17) is 10.2 Å². The van der Waals surface area contributed by atoms with Crippen LogP contribution in [0.3, 0.4) is 0 Å². The molecule has 27 heavy (non-hydrogen) atoms. The number of rotatable bonds is 4. The number of nitrogens with zero attached hydrogens (tertiary/aromatic N) is 2. The number of carbonyl (C=O) groups is 1. The Kier molecular flexibility index (Phi) is 5.00. The van der Waals surface area contributed by atoms with E-state index in [9.17, 15) is 22.4 Å². The van der Waals surface area contributed by atoms with Crippen molar-refractivity contribution in [1.82, 2.24) is 4.98 Å². The zero-order chi connectivity index (χ0) is 19.6. The molecule has 0 fully saturated rings. The van der Waals surface area contributed by atoms with Crippen molar-refractivity contribution in [2.75, 3.05) is 23.3 Å². The molecule has 0 radical (unpaired) electrons. The lowest BCUT2D eigenvalue weighted by Crippen LogP contribution is -2.39. The molecular formula is C17H14F4N4O2. The van der Waals surface area contributed by atoms with Crippen molar-refractivity contribution in [3.05, 3.63) is 53.8 Å². The van der Waals surface area contributed by atoms with Gasteiger partial charge in [-0.05, 0) is 30.3 Å². The van der Waals surface area contributed by atoms with Crippen LogP contribution in [-0.2, 0) is 6.18 Å². The fourth-order valence-electron chi connectivity index (χ4n) is 2.43. The average molecular weight is 382 g/mol. The first kappa shape index (κ1) is 18.6. The summed E-state index contributed by atoms with van der Waals surface area (Å²) in [5.41, 5.74) is 4.47. The second-order valence-electron chi connectivity index (χ2n) is 5.52. The first-order valence-corrected chi connectivity index (χ1v) is 7.80. The van der Waals surface area contributed by atoms with E-state index < -0.39 is 29.3 Å². The number of anilines is 2. The Morgan fingerprint density at radius 3 is 2.63 bits per heavy atom. The van der Waals surface area contributed by atoms with Gasteiger partial charge < -0.3 is 15.5 Å². The zero-order valence-corrected chi connectivity index (χ0v) is 13.8. The smallest absolute Gasteiger partial charge is 0.418 e. The van der Waals surface area contributed by atoms with Gasteiger partial charge in [0.25, 0.3) is 0 Å². The molecule has 1 aromatic heterocycles. The predicted molar refractivity (Wildman–Crippen MR) is 90.8 cm³/mol. The number of para-hydroxylation sites is 2. The molecule has 0 bridgehead atoms. The average Bonchev–Trinajstić information content (AvgIpc) is 3.03. The largest absolute Gasteiger partial charge is 0.423 e. The van der Waals surface area contributed by atoms with Crippen molar-refractivity contribution < 1.29 is 26.8 Å². The molecule has 2 aromatic carbocycles. The molecule has 0 aliphatic heterocycles. The number of aromatic nitrogens is 1. The Labute approximate surface area is 150 Å². The second-order valence-corrected chi connectivity index (χ2v) is 5.52. The zero-order valence-electron chi connectivity index (χ0n) is 13.8. The summed E-state index contributed by atoms with van der Waals surface area (Å²) in [7, 11) is 0. The predicted octanol–water partition coefficient (Wildman–Crippen LogP) is 3.98. The molecule has 0 saturated carbocycles. The van der Waals surface area contributed by atoms with Crippen LogP contribution in [0.5, 0.6) is 0 Å². The lowest BCUT2D eigenvalue weighted by Gasteiger charge is -2.20. The number of amides is 2. The molecule has 3 aromatic rings. The Balaban J connectivity index is 1.93. The van der Waals surface area contributed by atoms with E-state index in [1.807, 2.05) is 0 Å². The maximum absolute atomic E-state index is 13.2. The highest BCUT2D eigenvalue weighted by atomic mass is 19.4. The fraction of sp³-hybridized carbons (Fsp3) is 0.176. The van der Waals surface area contributed by atoms with Gasteiger partial charge in [0, 0.05) is 13.1 Å². The van der Waals surface area contributed by atoms with E-state index in [0.717, 1.165) is 17.0 Å². The minimum absolute atomic E-state index is 0.0156. The summed E-state index contributed by atoms with van der Waals surface area (Å²) >= 11 is 0. The lowest BCUT2D eigenvalue weighted by molar-refractivity contribution is -0.137. The Morgan fingerprint density at radius 1 is 1.22 bits per heavy atom. The third-order valence-corrected chi connectivity index (χ3v) is 3.64. The molecular weight excluding hydrogens is 368 g/mol. The SMILES string of the molecule is NCCN(C(=O)Nc1ccc(F)cc1C(F)(F)F)c1nc2ccccc2o1. The number of benzene rings is 2. The number of halogens is 4. The van der Waals surface area contributed by atoms with Gasteiger partial charge in [-0.2, -0.15) is 18.2 Å². The summed E-state index contributed by atoms with van der Waals surface area (Å²) in [6.45, 7) is -0.0388. The summed E-state index contributed by atoms with van der Waals surface area (Å²) in [5, 5.41) is 2.12. The van der Waals surface area contributed by atoms with Crippen LogP contribution in [0.4, 0.5) is 34.1 Å². The summed E-state index contributed by atoms with van der Waals surface area (Å²) in [5.74, 6) is -1.07. The third-order valence-electron chi connectivity index (χ3n) is 3.64. The molecule has 0 spiro atoms. The summed E-state index contributed by atoms with van der Waals surface area (Å²) < 4.78 is 58.0. The number of hydrogen-bond donors (Lipinski definition) is 2. The minimum atomic E-state index is -4.85. The highest BCUT2D eigenvalue weighted by molar-refractivity contribution is 6.01. The molecule has 6 nitrogen and oxygen atoms in total. The first-order valence-electron chi connectivity index (χ1n) is 7.80. The van der Waals surface area contributed by atoms with Gasteiger partial charge in [-0.1, -0.05) is 12.1 Å². The number of carbonyl (C=O) groups excluding carboxylic acids is 1. The normalized spacial score (nSPS) is 11.6. The number of nitrogens with two attached hydrogens (primary N) is 1. The Morgan fingerprint density at radius 2 is 1.96 bits per heavy atom. The highest BCUT2D eigenvalue weighted by Crippen LogP contribution is 2.35. The van der Waals surface area contributed by atoms with Crippen molar-refractivity contribution in [2.45, 2.75) is 6.18 Å². The van der Waals surface area contributed by atoms with Gasteiger partial charge in [0.2, 0.25) is 0 Å². The van der Waals surface area contributed by atoms with Gasteiger partial charge in [-0.15, -0.1) is 0 Å². The van der Waals surface area contributed by atoms with Gasteiger partial charge >= 0.3 is 18.2 Å². The molecule has 10 heteroatoms. The summed E-state index contributed by atoms with van der Waals surface area (Å²) in [6.07, 6.45) is -4.85. The fourth-order valence-corrected chi connectivity index (χ4v) is 2.43. The van der Waals surface area contributed by atoms with Crippen LogP contribution in [-0.4, -0.2) is 24.1 Å². The van der Waals surface area contributed by atoms with Crippen LogP contribution in [0.1, 0.15) is 5.56 Å². The monoisotopic (exact) mass is 382 g/mol. The number of nitrogens with one attached hydrogen (secondary N) is 1. The maximum Gasteiger partial charge on any atom is 0.418 e. The van der Waals surface area contributed by atoms with Crippen LogP contribution in [0.25, 0.3) is 11.1 Å². The third kappa shape index (κ3) is 4.00. The standard InChI is InChI=1S/C17H14F4N4O2/c18-10-5-6-12(11(9-10)17(19,20)21)23-15(26)25(8-7-22)16-24-13-3-1-2-4-14(13)27-16/h1-6,9H,7-8,22H2,(H,23,26). The topological polar surface area (TPSA) is 84.4 Å². The van der Waals surface area contributed by atoms with Crippen LogP contribution in [0.2, 0.25) is 0 Å². The van der Waals surface area contributed by atoms with E-state index in [0.29, 0.717) is 17.2 Å². The maximum atomic E-state index is 13.2. The molecule has 0 aliphatic carbocycles. The number of fused-ring (bicyclic) bond motifs is 1. The molecule has 0 aliphatic rings. The van der Waals surface area contributed by atoms with Crippen molar-refractivity contribution in [3.8, 4) is 0 Å². The van der Waals surface area contributed by atoms with Crippen molar-refractivity contribution >= 4 is 28.8 Å². The molecule has 1 heterocycles. The second kappa shape index (κ2) is 7.23. The van der Waals surface area contributed by atoms with Gasteiger partial charge in [0.05, 0.1) is 11.3 Å². The molecule has 0 unspecified atom stereocenters. The van der Waals surface area contributed by atoms with E-state index >= 15 is 0 Å². The van der Waals surface area contributed by atoms with E-state index in [-0.39, 0.29) is 19.1 Å². The minimum Gasteiger partial charge on any atom is -0.423 e. The van der Waals surface area contributed by atoms with Crippen LogP contribution in [0.15, 0.2) is 46.9 Å². The Bertz CT molecular complexity index is 938. The van der Waals surface area contributed by atoms with E-state index in [1.54, 1.807) is 24.3 Å². The number of hydrogen-bond acceptors (Lipinski definition) is 4. The molecule has 3 rings (SSSR count). The van der Waals surface area contributed by atoms with Crippen molar-refractivity contribution in [1.29, 1.82) is 0 Å². The molecule has 0 atom stereocenters. The van der Waals surface area contributed by atoms with Gasteiger partial charge in [0.1, 0.15) is 11.3 Å². The summed E-state index contributed by atoms with van der Waals surface area (Å²) in [6, 6.07) is 7.62. The lowest BCUT2D eigenvalue weighted by atomic mass is 10.1. The highest BCUT2D eigenvalue weighted by Gasteiger charge is 2.35. The summed E-state index contributed by atoms with van der Waals surface area (Å²) in [4.78, 5) is 17.7. The molecule has 3 N–H and O–H groups in total. The molecule has 142 valence electrons. The Hall–Kier alpha value is -3.14. The number of oxazole rings is 1. The van der Waals surface area contributed by atoms with Crippen molar-refractivity contribution in [2.24, 2.45) is 5.73 Å². The molecule has 0 saturated heterocycles. The van der Waals surface area contributed by atoms with Crippen LogP contribution in [0, 0.1) is 5.82 Å². The quantitative estimate of drug-likeness (QED) is 0.669. The first-order chi connectivity index (χ1) is 12.8.